The molecule has 0 atom stereocenters. The van der Waals surface area contributed by atoms with E-state index in [4.69, 9.17) is 4.74 Å². The minimum Gasteiger partial charge on any atom is -0.381 e. The summed E-state index contributed by atoms with van der Waals surface area (Å²) in [7, 11) is 3.84. The molecule has 0 spiro atoms. The second-order valence-electron chi connectivity index (χ2n) is 5.22. The van der Waals surface area contributed by atoms with Crippen LogP contribution in [0.3, 0.4) is 0 Å². The Morgan fingerprint density at radius 2 is 2.21 bits per heavy atom. The molecule has 1 aliphatic carbocycles. The lowest BCUT2D eigenvalue weighted by Gasteiger charge is -2.46. The molecule has 0 unspecified atom stereocenters. The molecule has 3 rings (SSSR count). The van der Waals surface area contributed by atoms with Gasteiger partial charge >= 0.3 is 0 Å². The van der Waals surface area contributed by atoms with Crippen LogP contribution in [0.2, 0.25) is 0 Å². The van der Waals surface area contributed by atoms with Gasteiger partial charge in [0.25, 0.3) is 0 Å². The third-order valence-corrected chi connectivity index (χ3v) is 4.61. The third-order valence-electron chi connectivity index (χ3n) is 4.11. The number of hydrogen-bond donors (Lipinski definition) is 0. The van der Waals surface area contributed by atoms with Crippen molar-refractivity contribution in [2.75, 3.05) is 7.11 Å². The molecule has 0 N–H and O–H groups in total. The van der Waals surface area contributed by atoms with Crippen molar-refractivity contribution in [1.29, 1.82) is 0 Å². The Morgan fingerprint density at radius 1 is 1.42 bits per heavy atom. The van der Waals surface area contributed by atoms with Crippen molar-refractivity contribution in [3.63, 3.8) is 0 Å². The third kappa shape index (κ3) is 2.03. The molecular weight excluding hydrogens is 304 g/mol. The number of aryl methyl sites for hydroxylation is 1. The van der Waals surface area contributed by atoms with Crippen LogP contribution in [-0.4, -0.2) is 22.8 Å². The fourth-order valence-corrected chi connectivity index (χ4v) is 3.44. The van der Waals surface area contributed by atoms with Crippen molar-refractivity contribution < 1.29 is 4.74 Å². The van der Waals surface area contributed by atoms with Crippen molar-refractivity contribution in [2.45, 2.75) is 24.4 Å². The lowest BCUT2D eigenvalue weighted by molar-refractivity contribution is -0.00685. The number of methoxy groups -OCH3 is 1. The highest BCUT2D eigenvalue weighted by Gasteiger charge is 2.49. The molecule has 0 bridgehead atoms. The summed E-state index contributed by atoms with van der Waals surface area (Å²) < 4.78 is 8.71. The first-order valence-corrected chi connectivity index (χ1v) is 7.22. The van der Waals surface area contributed by atoms with Gasteiger partial charge in [-0.1, -0.05) is 28.1 Å². The lowest BCUT2D eigenvalue weighted by atomic mass is 9.62. The van der Waals surface area contributed by atoms with Crippen LogP contribution in [0, 0.1) is 0 Å². The predicted molar refractivity (Wildman–Crippen MR) is 78.2 cm³/mol. The highest BCUT2D eigenvalue weighted by molar-refractivity contribution is 9.10. The second-order valence-corrected chi connectivity index (χ2v) is 6.14. The summed E-state index contributed by atoms with van der Waals surface area (Å²) in [4.78, 5) is 4.58. The highest BCUT2D eigenvalue weighted by atomic mass is 79.9. The number of aromatic nitrogens is 2. The van der Waals surface area contributed by atoms with Crippen LogP contribution in [0.4, 0.5) is 0 Å². The average molecular weight is 321 g/mol. The lowest BCUT2D eigenvalue weighted by Crippen LogP contribution is -2.48. The fourth-order valence-electron chi connectivity index (χ4n) is 3.04. The summed E-state index contributed by atoms with van der Waals surface area (Å²) in [6.45, 7) is 0. The Morgan fingerprint density at radius 3 is 2.79 bits per heavy atom. The minimum atomic E-state index is -0.0112. The minimum absolute atomic E-state index is 0.0112. The van der Waals surface area contributed by atoms with Crippen molar-refractivity contribution in [3.8, 4) is 0 Å². The van der Waals surface area contributed by atoms with Crippen LogP contribution >= 0.6 is 15.9 Å². The largest absolute Gasteiger partial charge is 0.381 e. The molecule has 3 nitrogen and oxygen atoms in total. The predicted octanol–water partition coefficient (Wildman–Crippen LogP) is 3.28. The number of ether oxygens (including phenoxy) is 1. The van der Waals surface area contributed by atoms with Crippen LogP contribution in [0.15, 0.2) is 41.1 Å². The molecule has 0 aliphatic heterocycles. The van der Waals surface area contributed by atoms with Crippen molar-refractivity contribution >= 4 is 15.9 Å². The van der Waals surface area contributed by atoms with Crippen molar-refractivity contribution in [2.24, 2.45) is 7.05 Å². The highest BCUT2D eigenvalue weighted by Crippen LogP contribution is 2.49. The second kappa shape index (κ2) is 4.76. The molecule has 19 heavy (non-hydrogen) atoms. The maximum atomic E-state index is 5.48. The van der Waals surface area contributed by atoms with E-state index in [9.17, 15) is 0 Å². The fraction of sp³-hybridized carbons (Fsp3) is 0.400. The van der Waals surface area contributed by atoms with Gasteiger partial charge < -0.3 is 9.30 Å². The number of nitrogens with zero attached hydrogens (tertiary/aromatic N) is 2. The van der Waals surface area contributed by atoms with Gasteiger partial charge in [0.1, 0.15) is 5.82 Å². The topological polar surface area (TPSA) is 27.1 Å². The number of rotatable bonds is 3. The van der Waals surface area contributed by atoms with Gasteiger partial charge in [-0.3, -0.25) is 0 Å². The van der Waals surface area contributed by atoms with E-state index in [1.807, 2.05) is 12.4 Å². The molecular formula is C15H17BrN2O. The van der Waals surface area contributed by atoms with Gasteiger partial charge in [0.05, 0.1) is 11.5 Å². The van der Waals surface area contributed by atoms with E-state index in [1.165, 1.54) is 5.56 Å². The zero-order chi connectivity index (χ0) is 13.5. The first-order valence-electron chi connectivity index (χ1n) is 6.42. The summed E-state index contributed by atoms with van der Waals surface area (Å²) in [6.07, 6.45) is 6.19. The summed E-state index contributed by atoms with van der Waals surface area (Å²) in [5.74, 6) is 1.12. The zero-order valence-electron chi connectivity index (χ0n) is 11.1. The van der Waals surface area contributed by atoms with E-state index in [0.717, 1.165) is 23.1 Å². The molecule has 2 aromatic rings. The molecule has 1 aromatic carbocycles. The van der Waals surface area contributed by atoms with Gasteiger partial charge in [0, 0.05) is 31.0 Å². The molecule has 100 valence electrons. The molecule has 0 radical (unpaired) electrons. The number of hydrogen-bond acceptors (Lipinski definition) is 2. The van der Waals surface area contributed by atoms with Crippen LogP contribution in [-0.2, 0) is 17.2 Å². The molecule has 0 amide bonds. The van der Waals surface area contributed by atoms with Gasteiger partial charge in [-0.15, -0.1) is 0 Å². The first kappa shape index (κ1) is 12.9. The summed E-state index contributed by atoms with van der Waals surface area (Å²) >= 11 is 3.56. The monoisotopic (exact) mass is 320 g/mol. The molecule has 1 fully saturated rings. The van der Waals surface area contributed by atoms with Crippen molar-refractivity contribution in [3.05, 3.63) is 52.5 Å². The Labute approximate surface area is 121 Å². The van der Waals surface area contributed by atoms with Crippen molar-refractivity contribution in [1.82, 2.24) is 9.55 Å². The van der Waals surface area contributed by atoms with E-state index < -0.39 is 0 Å². The Kier molecular flexibility index (Phi) is 3.23. The molecule has 1 saturated carbocycles. The summed E-state index contributed by atoms with van der Waals surface area (Å²) in [5, 5.41) is 0. The molecule has 4 heteroatoms. The quantitative estimate of drug-likeness (QED) is 0.867. The first-order chi connectivity index (χ1) is 9.15. The van der Waals surface area contributed by atoms with E-state index in [0.29, 0.717) is 6.10 Å². The number of imidazole rings is 1. The average Bonchev–Trinajstić information content (AvgIpc) is 2.76. The van der Waals surface area contributed by atoms with Gasteiger partial charge in [0.2, 0.25) is 0 Å². The van der Waals surface area contributed by atoms with E-state index in [-0.39, 0.29) is 5.41 Å². The Bertz CT molecular complexity index is 587. The standard InChI is InChI=1S/C15H17BrN2O/c1-18-7-6-17-14(18)15(9-13(10-15)19-2)11-4-3-5-12(16)8-11/h3-8,13H,9-10H2,1-2H3/t13-,15-. The van der Waals surface area contributed by atoms with Crippen LogP contribution in [0.5, 0.6) is 0 Å². The van der Waals surface area contributed by atoms with E-state index >= 15 is 0 Å². The van der Waals surface area contributed by atoms with Crippen LogP contribution in [0.25, 0.3) is 0 Å². The maximum Gasteiger partial charge on any atom is 0.119 e. The number of halogens is 1. The van der Waals surface area contributed by atoms with Gasteiger partial charge in [-0.05, 0) is 30.5 Å². The maximum absolute atomic E-state index is 5.48. The van der Waals surface area contributed by atoms with Gasteiger partial charge in [0.15, 0.2) is 0 Å². The van der Waals surface area contributed by atoms with Crippen LogP contribution in [0.1, 0.15) is 24.2 Å². The SMILES string of the molecule is CO[C@H]1C[C@](c2cccc(Br)c2)(c2nccn2C)C1. The van der Waals surface area contributed by atoms with Gasteiger partial charge in [-0.25, -0.2) is 4.98 Å². The van der Waals surface area contributed by atoms with Crippen LogP contribution < -0.4 is 0 Å². The summed E-state index contributed by atoms with van der Waals surface area (Å²) in [5.41, 5.74) is 1.30. The smallest absolute Gasteiger partial charge is 0.119 e. The molecule has 0 saturated heterocycles. The molecule has 1 aromatic heterocycles. The molecule has 1 heterocycles. The van der Waals surface area contributed by atoms with E-state index in [2.05, 4.69) is 56.8 Å². The zero-order valence-corrected chi connectivity index (χ0v) is 12.7. The summed E-state index contributed by atoms with van der Waals surface area (Å²) in [6, 6.07) is 8.53. The Hall–Kier alpha value is -1.13. The normalized spacial score (nSPS) is 26.2. The van der Waals surface area contributed by atoms with E-state index in [1.54, 1.807) is 7.11 Å². The number of benzene rings is 1. The van der Waals surface area contributed by atoms with Gasteiger partial charge in [-0.2, -0.15) is 0 Å². The molecule has 1 aliphatic rings. The Balaban J connectivity index is 2.07.